The number of thioether (sulfide) groups is 1. The zero-order valence-corrected chi connectivity index (χ0v) is 14.1. The third kappa shape index (κ3) is 4.02. The largest absolute Gasteiger partial charge is 0.344 e. The Kier molecular flexibility index (Phi) is 5.76. The average Bonchev–Trinajstić information content (AvgIpc) is 2.93. The Hall–Kier alpha value is -2.60. The van der Waals surface area contributed by atoms with Crippen LogP contribution in [0.15, 0.2) is 29.4 Å². The van der Waals surface area contributed by atoms with Crippen molar-refractivity contribution in [1.29, 1.82) is 5.26 Å². The monoisotopic (exact) mass is 348 g/mol. The van der Waals surface area contributed by atoms with Crippen LogP contribution in [0.4, 0.5) is 4.39 Å². The first-order chi connectivity index (χ1) is 11.4. The van der Waals surface area contributed by atoms with E-state index in [0.29, 0.717) is 23.1 Å². The molecule has 2 rings (SSSR count). The van der Waals surface area contributed by atoms with Crippen LogP contribution in [0.3, 0.4) is 0 Å². The van der Waals surface area contributed by atoms with Gasteiger partial charge >= 0.3 is 0 Å². The van der Waals surface area contributed by atoms with E-state index in [-0.39, 0.29) is 18.1 Å². The summed E-state index contributed by atoms with van der Waals surface area (Å²) in [5.74, 6) is 5.90. The van der Waals surface area contributed by atoms with E-state index in [2.05, 4.69) is 10.2 Å². The maximum atomic E-state index is 13.0. The minimum atomic E-state index is -0.429. The highest BCUT2D eigenvalue weighted by atomic mass is 32.2. The molecule has 0 radical (unpaired) electrons. The lowest BCUT2D eigenvalue weighted by Crippen LogP contribution is -2.34. The summed E-state index contributed by atoms with van der Waals surface area (Å²) in [6, 6.07) is 7.74. The van der Waals surface area contributed by atoms with E-state index in [9.17, 15) is 9.18 Å². The number of amides is 1. The Morgan fingerprint density at radius 2 is 2.12 bits per heavy atom. The van der Waals surface area contributed by atoms with Crippen LogP contribution in [0.1, 0.15) is 13.3 Å². The summed E-state index contributed by atoms with van der Waals surface area (Å²) < 4.78 is 14.3. The lowest BCUT2D eigenvalue weighted by Gasteiger charge is -2.19. The van der Waals surface area contributed by atoms with Gasteiger partial charge in [0.05, 0.1) is 17.7 Å². The first kappa shape index (κ1) is 17.7. The van der Waals surface area contributed by atoms with Gasteiger partial charge in [-0.25, -0.2) is 9.07 Å². The molecule has 2 aromatic rings. The molecule has 0 saturated carbocycles. The molecule has 0 unspecified atom stereocenters. The van der Waals surface area contributed by atoms with Gasteiger partial charge in [0.15, 0.2) is 5.82 Å². The normalized spacial score (nSPS) is 11.8. The number of nitriles is 1. The number of rotatable bonds is 6. The molecule has 0 aliphatic heterocycles. The zero-order chi connectivity index (χ0) is 17.7. The van der Waals surface area contributed by atoms with E-state index >= 15 is 0 Å². The van der Waals surface area contributed by atoms with Crippen molar-refractivity contribution >= 4 is 17.7 Å². The van der Waals surface area contributed by atoms with Crippen LogP contribution in [0, 0.1) is 17.1 Å². The minimum Gasteiger partial charge on any atom is -0.344 e. The third-order valence-electron chi connectivity index (χ3n) is 3.33. The molecule has 1 amide bonds. The van der Waals surface area contributed by atoms with Crippen LogP contribution in [-0.4, -0.2) is 44.5 Å². The molecule has 0 fully saturated rings. The van der Waals surface area contributed by atoms with E-state index in [0.717, 1.165) is 0 Å². The van der Waals surface area contributed by atoms with Gasteiger partial charge in [-0.05, 0) is 31.2 Å². The SMILES string of the molecule is C[C@H](Sc1nnc(-c2ccc(F)cc2)n1N)C(=O)N(C)CCC#N. The Labute approximate surface area is 143 Å². The van der Waals surface area contributed by atoms with E-state index in [4.69, 9.17) is 11.1 Å². The minimum absolute atomic E-state index is 0.124. The van der Waals surface area contributed by atoms with E-state index in [1.165, 1.54) is 33.5 Å². The number of hydrogen-bond acceptors (Lipinski definition) is 6. The highest BCUT2D eigenvalue weighted by Gasteiger charge is 2.22. The van der Waals surface area contributed by atoms with E-state index < -0.39 is 5.25 Å². The fourth-order valence-electron chi connectivity index (χ4n) is 2.00. The maximum Gasteiger partial charge on any atom is 0.235 e. The quantitative estimate of drug-likeness (QED) is 0.629. The number of carbonyl (C=O) groups is 1. The highest BCUT2D eigenvalue weighted by molar-refractivity contribution is 8.00. The molecule has 9 heteroatoms. The standard InChI is InChI=1S/C15H17FN6OS/c1-10(14(23)21(2)9-3-8-17)24-15-20-19-13(22(15)18)11-4-6-12(16)7-5-11/h4-7,10H,3,9,18H2,1-2H3/t10-/m0/s1. The van der Waals surface area contributed by atoms with Gasteiger partial charge in [-0.1, -0.05) is 11.8 Å². The summed E-state index contributed by atoms with van der Waals surface area (Å²) in [6.07, 6.45) is 0.279. The predicted molar refractivity (Wildman–Crippen MR) is 88.8 cm³/mol. The van der Waals surface area contributed by atoms with Gasteiger partial charge in [-0.2, -0.15) is 5.26 Å². The van der Waals surface area contributed by atoms with Crippen LogP contribution in [0.25, 0.3) is 11.4 Å². The van der Waals surface area contributed by atoms with Crippen molar-refractivity contribution in [3.63, 3.8) is 0 Å². The molecule has 1 aromatic heterocycles. The number of nitrogens with two attached hydrogens (primary N) is 1. The van der Waals surface area contributed by atoms with Crippen LogP contribution in [0.2, 0.25) is 0 Å². The first-order valence-electron chi connectivity index (χ1n) is 7.19. The van der Waals surface area contributed by atoms with Crippen molar-refractivity contribution in [1.82, 2.24) is 19.8 Å². The smallest absolute Gasteiger partial charge is 0.235 e. The van der Waals surface area contributed by atoms with Gasteiger partial charge in [0.2, 0.25) is 11.1 Å². The van der Waals surface area contributed by atoms with Gasteiger partial charge in [-0.3, -0.25) is 4.79 Å². The van der Waals surface area contributed by atoms with Crippen molar-refractivity contribution in [3.8, 4) is 17.5 Å². The molecular weight excluding hydrogens is 331 g/mol. The van der Waals surface area contributed by atoms with Gasteiger partial charge in [-0.15, -0.1) is 10.2 Å². The van der Waals surface area contributed by atoms with E-state index in [1.807, 2.05) is 6.07 Å². The molecule has 0 bridgehead atoms. The summed E-state index contributed by atoms with van der Waals surface area (Å²) >= 11 is 1.17. The number of nitrogen functional groups attached to an aromatic ring is 1. The summed E-state index contributed by atoms with van der Waals surface area (Å²) in [4.78, 5) is 13.7. The molecule has 24 heavy (non-hydrogen) atoms. The maximum absolute atomic E-state index is 13.0. The fourth-order valence-corrected chi connectivity index (χ4v) is 2.88. The molecule has 0 saturated heterocycles. The first-order valence-corrected chi connectivity index (χ1v) is 8.07. The lowest BCUT2D eigenvalue weighted by atomic mass is 10.2. The van der Waals surface area contributed by atoms with Crippen LogP contribution in [-0.2, 0) is 4.79 Å². The van der Waals surface area contributed by atoms with Crippen LogP contribution >= 0.6 is 11.8 Å². The topological polar surface area (TPSA) is 101 Å². The fraction of sp³-hybridized carbons (Fsp3) is 0.333. The summed E-state index contributed by atoms with van der Waals surface area (Å²) in [6.45, 7) is 2.11. The van der Waals surface area contributed by atoms with Crippen molar-refractivity contribution in [2.24, 2.45) is 0 Å². The Morgan fingerprint density at radius 3 is 2.75 bits per heavy atom. The predicted octanol–water partition coefficient (Wildman–Crippen LogP) is 1.65. The van der Waals surface area contributed by atoms with Crippen molar-refractivity contribution < 1.29 is 9.18 Å². The van der Waals surface area contributed by atoms with Gasteiger partial charge in [0.25, 0.3) is 0 Å². The number of benzene rings is 1. The van der Waals surface area contributed by atoms with Gasteiger partial charge < -0.3 is 10.7 Å². The molecule has 0 aliphatic carbocycles. The lowest BCUT2D eigenvalue weighted by molar-refractivity contribution is -0.128. The molecule has 1 atom stereocenters. The van der Waals surface area contributed by atoms with Crippen molar-refractivity contribution in [2.45, 2.75) is 23.8 Å². The molecular formula is C15H17FN6OS. The van der Waals surface area contributed by atoms with E-state index in [1.54, 1.807) is 26.1 Å². The molecule has 7 nitrogen and oxygen atoms in total. The number of nitrogens with zero attached hydrogens (tertiary/aromatic N) is 5. The Bertz CT molecular complexity index is 754. The third-order valence-corrected chi connectivity index (χ3v) is 4.38. The molecule has 0 spiro atoms. The number of carbonyl (C=O) groups excluding carboxylic acids is 1. The van der Waals surface area contributed by atoms with Crippen molar-refractivity contribution in [3.05, 3.63) is 30.1 Å². The molecule has 2 N–H and O–H groups in total. The molecule has 0 aliphatic rings. The molecule has 1 heterocycles. The Morgan fingerprint density at radius 1 is 1.46 bits per heavy atom. The number of halogens is 1. The van der Waals surface area contributed by atoms with Crippen LogP contribution in [0.5, 0.6) is 0 Å². The summed E-state index contributed by atoms with van der Waals surface area (Å²) in [5.41, 5.74) is 0.628. The molecule has 1 aromatic carbocycles. The summed E-state index contributed by atoms with van der Waals surface area (Å²) in [7, 11) is 1.65. The van der Waals surface area contributed by atoms with Gasteiger partial charge in [0, 0.05) is 19.2 Å². The second-order valence-corrected chi connectivity index (χ2v) is 6.42. The Balaban J connectivity index is 2.10. The molecule has 126 valence electrons. The highest BCUT2D eigenvalue weighted by Crippen LogP contribution is 2.25. The average molecular weight is 348 g/mol. The van der Waals surface area contributed by atoms with Crippen LogP contribution < -0.4 is 5.84 Å². The van der Waals surface area contributed by atoms with Gasteiger partial charge in [0.1, 0.15) is 5.82 Å². The number of hydrogen-bond donors (Lipinski definition) is 1. The second-order valence-electron chi connectivity index (χ2n) is 5.11. The second kappa shape index (κ2) is 7.79. The summed E-state index contributed by atoms with van der Waals surface area (Å²) in [5, 5.41) is 16.5. The van der Waals surface area contributed by atoms with Crippen molar-refractivity contribution in [2.75, 3.05) is 19.4 Å². The zero-order valence-electron chi connectivity index (χ0n) is 13.3. The number of aromatic nitrogens is 3.